The molecule has 4 bridgehead atoms. The number of rotatable bonds is 1. The van der Waals surface area contributed by atoms with Gasteiger partial charge in [0.2, 0.25) is 0 Å². The molecule has 0 aliphatic heterocycles. The van der Waals surface area contributed by atoms with Crippen LogP contribution in [0.5, 0.6) is 0 Å². The van der Waals surface area contributed by atoms with Gasteiger partial charge in [0.05, 0.1) is 11.1 Å². The van der Waals surface area contributed by atoms with E-state index in [1.165, 1.54) is 32.1 Å². The van der Waals surface area contributed by atoms with E-state index in [9.17, 15) is 0 Å². The van der Waals surface area contributed by atoms with E-state index in [1.54, 1.807) is 6.21 Å². The van der Waals surface area contributed by atoms with Crippen molar-refractivity contribution in [3.63, 3.8) is 0 Å². The fourth-order valence-electron chi connectivity index (χ4n) is 4.21. The summed E-state index contributed by atoms with van der Waals surface area (Å²) in [5.74, 6) is 2.96. The highest BCUT2D eigenvalue weighted by atomic mass is 35.5. The van der Waals surface area contributed by atoms with Crippen LogP contribution in [0.4, 0.5) is 0 Å². The predicted molar refractivity (Wildman–Crippen MR) is 55.9 cm³/mol. The first-order valence-corrected chi connectivity index (χ1v) is 5.97. The van der Waals surface area contributed by atoms with E-state index in [2.05, 4.69) is 5.16 Å². The van der Waals surface area contributed by atoms with Gasteiger partial charge in [0.1, 0.15) is 0 Å². The van der Waals surface area contributed by atoms with Crippen molar-refractivity contribution in [3.8, 4) is 0 Å². The highest BCUT2D eigenvalue weighted by molar-refractivity contribution is 6.32. The fourth-order valence-corrected chi connectivity index (χ4v) is 4.61. The number of hydrogen-bond donors (Lipinski definition) is 1. The lowest BCUT2D eigenvalue weighted by Crippen LogP contribution is -2.55. The van der Waals surface area contributed by atoms with Crippen molar-refractivity contribution in [2.75, 3.05) is 0 Å². The molecule has 14 heavy (non-hydrogen) atoms. The lowest BCUT2D eigenvalue weighted by Gasteiger charge is -2.57. The molecule has 78 valence electrons. The molecule has 0 unspecified atom stereocenters. The second-order valence-corrected chi connectivity index (χ2v) is 6.03. The molecule has 4 aliphatic rings. The Morgan fingerprint density at radius 2 is 1.57 bits per heavy atom. The van der Waals surface area contributed by atoms with Crippen molar-refractivity contribution < 1.29 is 5.21 Å². The van der Waals surface area contributed by atoms with Crippen LogP contribution >= 0.6 is 11.6 Å². The highest BCUT2D eigenvalue weighted by Crippen LogP contribution is 2.60. The molecule has 0 aromatic rings. The standard InChI is InChI=1S/C11H16ClNO/c12-11(6-13-14)9-2-7-1-8(4-9)5-10(11)3-7/h6-10,14H,1-5H2. The fraction of sp³-hybridized carbons (Fsp3) is 0.909. The molecule has 3 heteroatoms. The third-order valence-corrected chi connectivity index (χ3v) is 5.36. The van der Waals surface area contributed by atoms with E-state index in [0.717, 1.165) is 11.8 Å². The van der Waals surface area contributed by atoms with Crippen LogP contribution in [0.15, 0.2) is 5.16 Å². The van der Waals surface area contributed by atoms with Crippen molar-refractivity contribution >= 4 is 17.8 Å². The monoisotopic (exact) mass is 213 g/mol. The van der Waals surface area contributed by atoms with Crippen molar-refractivity contribution in [2.24, 2.45) is 28.8 Å². The maximum Gasteiger partial charge on any atom is 0.0886 e. The molecular formula is C11H16ClNO. The molecule has 0 saturated heterocycles. The smallest absolute Gasteiger partial charge is 0.0886 e. The SMILES string of the molecule is ON=CC1(Cl)C2CC3CC(C2)CC1C3. The zero-order valence-electron chi connectivity index (χ0n) is 8.19. The van der Waals surface area contributed by atoms with E-state index in [0.29, 0.717) is 11.8 Å². The third-order valence-electron chi connectivity index (χ3n) is 4.65. The average molecular weight is 214 g/mol. The quantitative estimate of drug-likeness (QED) is 0.309. The predicted octanol–water partition coefficient (Wildman–Crippen LogP) is 2.88. The molecule has 4 saturated carbocycles. The zero-order valence-corrected chi connectivity index (χ0v) is 8.95. The molecule has 1 N–H and O–H groups in total. The molecule has 0 aromatic heterocycles. The van der Waals surface area contributed by atoms with Gasteiger partial charge in [-0.25, -0.2) is 0 Å². The Morgan fingerprint density at radius 1 is 1.07 bits per heavy atom. The zero-order chi connectivity index (χ0) is 9.76. The van der Waals surface area contributed by atoms with Crippen LogP contribution in [0.2, 0.25) is 0 Å². The molecule has 2 nitrogen and oxygen atoms in total. The minimum absolute atomic E-state index is 0.317. The van der Waals surface area contributed by atoms with Crippen molar-refractivity contribution in [1.82, 2.24) is 0 Å². The van der Waals surface area contributed by atoms with E-state index in [4.69, 9.17) is 16.8 Å². The highest BCUT2D eigenvalue weighted by Gasteiger charge is 2.55. The number of oxime groups is 1. The van der Waals surface area contributed by atoms with Gasteiger partial charge in [-0.1, -0.05) is 0 Å². The van der Waals surface area contributed by atoms with Gasteiger partial charge in [0, 0.05) is 0 Å². The molecular weight excluding hydrogens is 198 g/mol. The van der Waals surface area contributed by atoms with Crippen molar-refractivity contribution in [1.29, 1.82) is 0 Å². The number of halogens is 1. The van der Waals surface area contributed by atoms with E-state index >= 15 is 0 Å². The minimum Gasteiger partial charge on any atom is -0.411 e. The second kappa shape index (κ2) is 2.88. The third kappa shape index (κ3) is 1.06. The normalized spacial score (nSPS) is 55.8. The summed E-state index contributed by atoms with van der Waals surface area (Å²) in [7, 11) is 0. The number of nitrogens with zero attached hydrogens (tertiary/aromatic N) is 1. The Balaban J connectivity index is 1.94. The van der Waals surface area contributed by atoms with E-state index < -0.39 is 0 Å². The van der Waals surface area contributed by atoms with Gasteiger partial charge in [0.15, 0.2) is 0 Å². The molecule has 4 rings (SSSR count). The van der Waals surface area contributed by atoms with Crippen LogP contribution in [0.1, 0.15) is 32.1 Å². The first-order chi connectivity index (χ1) is 6.72. The van der Waals surface area contributed by atoms with Crippen LogP contribution in [-0.4, -0.2) is 16.3 Å². The summed E-state index contributed by atoms with van der Waals surface area (Å²) in [6.07, 6.45) is 8.04. The molecule has 4 aliphatic carbocycles. The number of alkyl halides is 1. The summed E-state index contributed by atoms with van der Waals surface area (Å²) >= 11 is 6.62. The summed E-state index contributed by atoms with van der Waals surface area (Å²) in [5, 5.41) is 11.9. The second-order valence-electron chi connectivity index (χ2n) is 5.38. The maximum atomic E-state index is 8.70. The van der Waals surface area contributed by atoms with Gasteiger partial charge in [-0.05, 0) is 55.8 Å². The molecule has 0 atom stereocenters. The molecule has 0 amide bonds. The first-order valence-electron chi connectivity index (χ1n) is 5.60. The Morgan fingerprint density at radius 3 is 2.00 bits per heavy atom. The minimum atomic E-state index is -0.317. The summed E-state index contributed by atoms with van der Waals surface area (Å²) in [5.41, 5.74) is 0. The van der Waals surface area contributed by atoms with Crippen LogP contribution < -0.4 is 0 Å². The van der Waals surface area contributed by atoms with E-state index in [-0.39, 0.29) is 4.87 Å². The lowest BCUT2D eigenvalue weighted by atomic mass is 9.52. The largest absolute Gasteiger partial charge is 0.411 e. The molecule has 4 fully saturated rings. The van der Waals surface area contributed by atoms with Crippen LogP contribution in [0, 0.1) is 23.7 Å². The Hall–Kier alpha value is -0.240. The molecule has 0 aromatic carbocycles. The maximum absolute atomic E-state index is 8.70. The summed E-state index contributed by atoms with van der Waals surface area (Å²) < 4.78 is 0. The summed E-state index contributed by atoms with van der Waals surface area (Å²) in [6, 6.07) is 0. The van der Waals surface area contributed by atoms with Crippen LogP contribution in [0.3, 0.4) is 0 Å². The Bertz CT molecular complexity index is 248. The lowest BCUT2D eigenvalue weighted by molar-refractivity contribution is 0.00554. The van der Waals surface area contributed by atoms with E-state index in [1.807, 2.05) is 0 Å². The Kier molecular flexibility index (Phi) is 1.85. The average Bonchev–Trinajstić information content (AvgIpc) is 2.14. The summed E-state index contributed by atoms with van der Waals surface area (Å²) in [6.45, 7) is 0. The number of hydrogen-bond acceptors (Lipinski definition) is 2. The molecule has 0 heterocycles. The first kappa shape index (κ1) is 9.02. The molecule has 0 spiro atoms. The van der Waals surface area contributed by atoms with Crippen LogP contribution in [-0.2, 0) is 0 Å². The molecule has 0 radical (unpaired) electrons. The van der Waals surface area contributed by atoms with Crippen LogP contribution in [0.25, 0.3) is 0 Å². The van der Waals surface area contributed by atoms with Gasteiger partial charge in [0.25, 0.3) is 0 Å². The summed E-state index contributed by atoms with van der Waals surface area (Å²) in [4.78, 5) is -0.317. The van der Waals surface area contributed by atoms with Gasteiger partial charge in [-0.3, -0.25) is 0 Å². The van der Waals surface area contributed by atoms with Gasteiger partial charge < -0.3 is 5.21 Å². The van der Waals surface area contributed by atoms with Crippen molar-refractivity contribution in [2.45, 2.75) is 37.0 Å². The van der Waals surface area contributed by atoms with Gasteiger partial charge in [-0.15, -0.1) is 16.8 Å². The van der Waals surface area contributed by atoms with Gasteiger partial charge in [-0.2, -0.15) is 0 Å². The van der Waals surface area contributed by atoms with Crippen molar-refractivity contribution in [3.05, 3.63) is 0 Å². The topological polar surface area (TPSA) is 32.6 Å². The Labute approximate surface area is 89.3 Å². The van der Waals surface area contributed by atoms with Gasteiger partial charge >= 0.3 is 0 Å².